The average molecular weight is 536 g/mol. The molecule has 3 aromatic carbocycles. The Labute approximate surface area is 229 Å². The number of methoxy groups -OCH3 is 1. The van der Waals surface area contributed by atoms with Crippen molar-refractivity contribution in [3.63, 3.8) is 0 Å². The summed E-state index contributed by atoms with van der Waals surface area (Å²) in [5, 5.41) is 13.3. The van der Waals surface area contributed by atoms with Crippen LogP contribution in [0, 0.1) is 6.92 Å². The summed E-state index contributed by atoms with van der Waals surface area (Å²) < 4.78 is 11.1. The van der Waals surface area contributed by atoms with Crippen LogP contribution in [0.1, 0.15) is 37.0 Å². The predicted molar refractivity (Wildman–Crippen MR) is 151 cm³/mol. The molecule has 1 heterocycles. The van der Waals surface area contributed by atoms with Crippen molar-refractivity contribution in [2.24, 2.45) is 0 Å². The van der Waals surface area contributed by atoms with Crippen LogP contribution in [0.2, 0.25) is 0 Å². The number of halogens is 1. The Morgan fingerprint density at radius 2 is 1.82 bits per heavy atom. The van der Waals surface area contributed by atoms with Crippen molar-refractivity contribution in [3.8, 4) is 34.0 Å². The third kappa shape index (κ3) is 7.07. The highest BCUT2D eigenvalue weighted by atomic mass is 35.5. The third-order valence-electron chi connectivity index (χ3n) is 6.43. The topological polar surface area (TPSA) is 88.7 Å². The summed E-state index contributed by atoms with van der Waals surface area (Å²) in [5.41, 5.74) is 7.28. The molecule has 8 heteroatoms. The highest BCUT2D eigenvalue weighted by Crippen LogP contribution is 2.32. The van der Waals surface area contributed by atoms with Crippen molar-refractivity contribution in [3.05, 3.63) is 83.4 Å². The zero-order chi connectivity index (χ0) is 26.4. The van der Waals surface area contributed by atoms with Gasteiger partial charge in [-0.2, -0.15) is 4.98 Å². The Bertz CT molecular complexity index is 1370. The van der Waals surface area contributed by atoms with E-state index in [9.17, 15) is 4.79 Å². The molecule has 0 amide bonds. The van der Waals surface area contributed by atoms with Gasteiger partial charge in [-0.25, -0.2) is 0 Å². The van der Waals surface area contributed by atoms with E-state index in [1.807, 2.05) is 48.5 Å². The van der Waals surface area contributed by atoms with Gasteiger partial charge in [0.15, 0.2) is 0 Å². The zero-order valence-electron chi connectivity index (χ0n) is 22.2. The number of hydrogen-bond donors (Lipinski definition) is 1. The minimum absolute atomic E-state index is 0. The zero-order valence-corrected chi connectivity index (χ0v) is 23.0. The molecule has 4 aromatic rings. The van der Waals surface area contributed by atoms with E-state index in [2.05, 4.69) is 54.0 Å². The fourth-order valence-corrected chi connectivity index (χ4v) is 4.40. The summed E-state index contributed by atoms with van der Waals surface area (Å²) >= 11 is 0. The number of aliphatic carboxylic acids is 1. The van der Waals surface area contributed by atoms with Gasteiger partial charge in [-0.05, 0) is 66.8 Å². The molecule has 0 bridgehead atoms. The van der Waals surface area contributed by atoms with Crippen molar-refractivity contribution < 1.29 is 19.2 Å². The normalized spacial score (nSPS) is 11.1. The lowest BCUT2D eigenvalue weighted by Crippen LogP contribution is -2.32. The second kappa shape index (κ2) is 13.3. The molecule has 0 saturated carbocycles. The molecule has 1 aromatic heterocycles. The standard InChI is InChI=1S/C30H33N3O4.ClH/c1-20(2)33(15-14-28(34)35)18-22-9-7-10-23(16-22)29-31-30(37-32-29)24-12-13-27(25(17-24)19-36-4)26-11-6-5-8-21(26)3;/h5-13,16-17,20H,14-15,18-19H2,1-4H3,(H,34,35);1H. The van der Waals surface area contributed by atoms with Crippen LogP contribution in [0.3, 0.4) is 0 Å². The number of ether oxygens (including phenoxy) is 1. The molecule has 0 saturated heterocycles. The van der Waals surface area contributed by atoms with Gasteiger partial charge in [-0.3, -0.25) is 9.69 Å². The van der Waals surface area contributed by atoms with Crippen LogP contribution in [-0.4, -0.2) is 45.8 Å². The van der Waals surface area contributed by atoms with Crippen molar-refractivity contribution in [1.29, 1.82) is 0 Å². The molecular formula is C30H34ClN3O4. The smallest absolute Gasteiger partial charge is 0.304 e. The SMILES string of the molecule is COCc1cc(-c2nc(-c3cccc(CN(CCC(=O)O)C(C)C)c3)no2)ccc1-c1ccccc1C.Cl. The van der Waals surface area contributed by atoms with Crippen molar-refractivity contribution in [2.45, 2.75) is 46.4 Å². The molecule has 0 aliphatic carbocycles. The first-order valence-electron chi connectivity index (χ1n) is 12.4. The van der Waals surface area contributed by atoms with E-state index < -0.39 is 5.97 Å². The highest BCUT2D eigenvalue weighted by molar-refractivity contribution is 5.85. The second-order valence-electron chi connectivity index (χ2n) is 9.45. The molecular weight excluding hydrogens is 502 g/mol. The molecule has 38 heavy (non-hydrogen) atoms. The van der Waals surface area contributed by atoms with Gasteiger partial charge >= 0.3 is 5.97 Å². The van der Waals surface area contributed by atoms with Crippen LogP contribution in [0.4, 0.5) is 0 Å². The Morgan fingerprint density at radius 1 is 1.03 bits per heavy atom. The lowest BCUT2D eigenvalue weighted by Gasteiger charge is -2.26. The Balaban J connectivity index is 0.00000400. The van der Waals surface area contributed by atoms with Crippen LogP contribution >= 0.6 is 12.4 Å². The van der Waals surface area contributed by atoms with Crippen LogP contribution < -0.4 is 0 Å². The molecule has 0 unspecified atom stereocenters. The van der Waals surface area contributed by atoms with Crippen LogP contribution in [0.15, 0.2) is 71.3 Å². The molecule has 1 N–H and O–H groups in total. The van der Waals surface area contributed by atoms with E-state index in [4.69, 9.17) is 14.4 Å². The molecule has 4 rings (SSSR count). The minimum atomic E-state index is -0.792. The Morgan fingerprint density at radius 3 is 2.53 bits per heavy atom. The van der Waals surface area contributed by atoms with Gasteiger partial charge in [-0.15, -0.1) is 12.4 Å². The first-order valence-corrected chi connectivity index (χ1v) is 12.4. The summed E-state index contributed by atoms with van der Waals surface area (Å²) in [6, 6.07) is 22.6. The maximum Gasteiger partial charge on any atom is 0.304 e. The van der Waals surface area contributed by atoms with E-state index in [0.717, 1.165) is 27.8 Å². The van der Waals surface area contributed by atoms with E-state index in [1.54, 1.807) is 7.11 Å². The van der Waals surface area contributed by atoms with Crippen LogP contribution in [0.25, 0.3) is 34.0 Å². The maximum absolute atomic E-state index is 11.0. The predicted octanol–water partition coefficient (Wildman–Crippen LogP) is 6.63. The largest absolute Gasteiger partial charge is 0.481 e. The summed E-state index contributed by atoms with van der Waals surface area (Å²) in [6.07, 6.45) is 0.111. The first kappa shape index (κ1) is 29.0. The third-order valence-corrected chi connectivity index (χ3v) is 6.43. The van der Waals surface area contributed by atoms with Crippen molar-refractivity contribution >= 4 is 18.4 Å². The molecule has 0 atom stereocenters. The second-order valence-corrected chi connectivity index (χ2v) is 9.45. The summed E-state index contributed by atoms with van der Waals surface area (Å²) in [7, 11) is 1.69. The molecule has 0 fully saturated rings. The molecule has 7 nitrogen and oxygen atoms in total. The molecule has 0 spiro atoms. The van der Waals surface area contributed by atoms with Crippen molar-refractivity contribution in [2.75, 3.05) is 13.7 Å². The lowest BCUT2D eigenvalue weighted by atomic mass is 9.94. The van der Waals surface area contributed by atoms with E-state index in [-0.39, 0.29) is 24.9 Å². The van der Waals surface area contributed by atoms with Gasteiger partial charge in [0.25, 0.3) is 5.89 Å². The number of nitrogens with zero attached hydrogens (tertiary/aromatic N) is 3. The number of hydrogen-bond acceptors (Lipinski definition) is 6. The molecule has 200 valence electrons. The highest BCUT2D eigenvalue weighted by Gasteiger charge is 2.16. The number of carboxylic acid groups (broad SMARTS) is 1. The van der Waals surface area contributed by atoms with Gasteiger partial charge in [0.1, 0.15) is 0 Å². The maximum atomic E-state index is 11.0. The first-order chi connectivity index (χ1) is 17.9. The number of carbonyl (C=O) groups is 1. The Kier molecular flexibility index (Phi) is 10.2. The summed E-state index contributed by atoms with van der Waals surface area (Å²) in [5.74, 6) is 0.161. The van der Waals surface area contributed by atoms with Gasteiger partial charge < -0.3 is 14.4 Å². The monoisotopic (exact) mass is 535 g/mol. The lowest BCUT2D eigenvalue weighted by molar-refractivity contribution is -0.137. The van der Waals surface area contributed by atoms with Crippen LogP contribution in [0.5, 0.6) is 0 Å². The number of benzene rings is 3. The van der Waals surface area contributed by atoms with E-state index in [1.165, 1.54) is 11.1 Å². The fourth-order valence-electron chi connectivity index (χ4n) is 4.40. The van der Waals surface area contributed by atoms with Crippen LogP contribution in [-0.2, 0) is 22.7 Å². The molecule has 0 aliphatic rings. The fraction of sp³-hybridized carbons (Fsp3) is 0.300. The quantitative estimate of drug-likeness (QED) is 0.230. The average Bonchev–Trinajstić information content (AvgIpc) is 3.38. The number of carboxylic acids is 1. The van der Waals surface area contributed by atoms with Gasteiger partial charge in [0.05, 0.1) is 13.0 Å². The Hall–Kier alpha value is -3.52. The van der Waals surface area contributed by atoms with E-state index in [0.29, 0.717) is 31.4 Å². The summed E-state index contributed by atoms with van der Waals surface area (Å²) in [6.45, 7) is 7.84. The number of aromatic nitrogens is 2. The van der Waals surface area contributed by atoms with Gasteiger partial charge in [0, 0.05) is 37.4 Å². The number of rotatable bonds is 11. The van der Waals surface area contributed by atoms with Crippen molar-refractivity contribution in [1.82, 2.24) is 15.0 Å². The molecule has 0 radical (unpaired) electrons. The summed E-state index contributed by atoms with van der Waals surface area (Å²) in [4.78, 5) is 17.9. The van der Waals surface area contributed by atoms with Gasteiger partial charge in [-0.1, -0.05) is 53.7 Å². The molecule has 0 aliphatic heterocycles. The van der Waals surface area contributed by atoms with Gasteiger partial charge in [0.2, 0.25) is 5.82 Å². The number of aryl methyl sites for hydroxylation is 1. The van der Waals surface area contributed by atoms with E-state index >= 15 is 0 Å². The minimum Gasteiger partial charge on any atom is -0.481 e.